The van der Waals surface area contributed by atoms with Gasteiger partial charge < -0.3 is 9.84 Å². The predicted molar refractivity (Wildman–Crippen MR) is 72.7 cm³/mol. The van der Waals surface area contributed by atoms with E-state index in [1.807, 2.05) is 32.0 Å². The molecule has 0 unspecified atom stereocenters. The van der Waals surface area contributed by atoms with Gasteiger partial charge in [-0.15, -0.1) is 0 Å². The van der Waals surface area contributed by atoms with Crippen molar-refractivity contribution in [3.63, 3.8) is 0 Å². The largest absolute Gasteiger partial charge is 0.496 e. The van der Waals surface area contributed by atoms with E-state index >= 15 is 0 Å². The summed E-state index contributed by atoms with van der Waals surface area (Å²) in [4.78, 5) is 14.8. The summed E-state index contributed by atoms with van der Waals surface area (Å²) in [6.07, 6.45) is 1.53. The van der Waals surface area contributed by atoms with Gasteiger partial charge in [0, 0.05) is 17.8 Å². The Morgan fingerprint density at radius 2 is 1.95 bits per heavy atom. The van der Waals surface area contributed by atoms with E-state index in [-0.39, 0.29) is 5.69 Å². The van der Waals surface area contributed by atoms with Gasteiger partial charge in [-0.05, 0) is 30.5 Å². The van der Waals surface area contributed by atoms with E-state index in [0.717, 1.165) is 11.1 Å². The maximum atomic E-state index is 10.9. The van der Waals surface area contributed by atoms with Gasteiger partial charge in [0.15, 0.2) is 5.69 Å². The van der Waals surface area contributed by atoms with Crippen molar-refractivity contribution in [3.05, 3.63) is 47.3 Å². The number of aryl methyl sites for hydroxylation is 2. The first-order valence-electron chi connectivity index (χ1n) is 5.88. The molecule has 2 rings (SSSR count). The lowest BCUT2D eigenvalue weighted by atomic mass is 10.0. The third kappa shape index (κ3) is 2.57. The zero-order valence-corrected chi connectivity index (χ0v) is 11.1. The molecule has 0 bridgehead atoms. The van der Waals surface area contributed by atoms with Crippen LogP contribution in [0.1, 0.15) is 21.6 Å². The number of ether oxygens (including phenoxy) is 1. The first-order valence-corrected chi connectivity index (χ1v) is 5.88. The van der Waals surface area contributed by atoms with Crippen LogP contribution in [0.3, 0.4) is 0 Å². The Hall–Kier alpha value is -2.36. The van der Waals surface area contributed by atoms with Crippen molar-refractivity contribution in [2.75, 3.05) is 7.11 Å². The fourth-order valence-corrected chi connectivity index (χ4v) is 1.85. The van der Waals surface area contributed by atoms with Crippen LogP contribution in [0.25, 0.3) is 11.1 Å². The molecule has 1 N–H and O–H groups in total. The Balaban J connectivity index is 2.55. The molecule has 0 fully saturated rings. The van der Waals surface area contributed by atoms with Crippen LogP contribution < -0.4 is 4.74 Å². The van der Waals surface area contributed by atoms with Gasteiger partial charge in [0.1, 0.15) is 5.75 Å². The van der Waals surface area contributed by atoms with Gasteiger partial charge in [0.05, 0.1) is 7.11 Å². The van der Waals surface area contributed by atoms with Crippen LogP contribution in [0.2, 0.25) is 0 Å². The molecule has 0 spiro atoms. The third-order valence-electron chi connectivity index (χ3n) is 3.12. The second-order valence-corrected chi connectivity index (χ2v) is 4.37. The number of hydrogen-bond acceptors (Lipinski definition) is 3. The molecule has 1 aromatic carbocycles. The van der Waals surface area contributed by atoms with Crippen molar-refractivity contribution in [1.82, 2.24) is 4.98 Å². The predicted octanol–water partition coefficient (Wildman–Crippen LogP) is 3.07. The van der Waals surface area contributed by atoms with Gasteiger partial charge in [0.25, 0.3) is 0 Å². The smallest absolute Gasteiger partial charge is 0.354 e. The van der Waals surface area contributed by atoms with Crippen LogP contribution >= 0.6 is 0 Å². The second kappa shape index (κ2) is 5.10. The summed E-state index contributed by atoms with van der Waals surface area (Å²) in [6.45, 7) is 4.08. The molecule has 0 saturated heterocycles. The van der Waals surface area contributed by atoms with Gasteiger partial charge >= 0.3 is 5.97 Å². The zero-order valence-electron chi connectivity index (χ0n) is 11.1. The Morgan fingerprint density at radius 3 is 2.53 bits per heavy atom. The molecule has 98 valence electrons. The van der Waals surface area contributed by atoms with Crippen LogP contribution in [-0.2, 0) is 0 Å². The number of nitrogens with zero attached hydrogens (tertiary/aromatic N) is 1. The molecule has 1 heterocycles. The highest BCUT2D eigenvalue weighted by Gasteiger charge is 2.12. The quantitative estimate of drug-likeness (QED) is 0.918. The molecule has 0 aliphatic heterocycles. The fourth-order valence-electron chi connectivity index (χ4n) is 1.85. The molecule has 0 amide bonds. The zero-order chi connectivity index (χ0) is 14.0. The number of aromatic carboxylic acids is 1. The van der Waals surface area contributed by atoms with Crippen molar-refractivity contribution >= 4 is 5.97 Å². The average molecular weight is 257 g/mol. The maximum Gasteiger partial charge on any atom is 0.354 e. The molecular weight excluding hydrogens is 242 g/mol. The minimum Gasteiger partial charge on any atom is -0.496 e. The summed E-state index contributed by atoms with van der Waals surface area (Å²) in [5.74, 6) is -0.555. The maximum absolute atomic E-state index is 10.9. The highest BCUT2D eigenvalue weighted by atomic mass is 16.5. The van der Waals surface area contributed by atoms with Crippen molar-refractivity contribution < 1.29 is 14.6 Å². The van der Waals surface area contributed by atoms with Crippen molar-refractivity contribution in [2.45, 2.75) is 13.8 Å². The summed E-state index contributed by atoms with van der Waals surface area (Å²) in [7, 11) is 1.52. The molecule has 0 aliphatic carbocycles. The van der Waals surface area contributed by atoms with Gasteiger partial charge in [-0.2, -0.15) is 0 Å². The molecule has 19 heavy (non-hydrogen) atoms. The standard InChI is InChI=1S/C15H15NO3/c1-9-4-5-11(6-10(9)2)12-8-16-13(15(17)18)7-14(12)19-3/h4-8H,1-3H3,(H,17,18). The molecule has 0 atom stereocenters. The number of hydrogen-bond donors (Lipinski definition) is 1. The lowest BCUT2D eigenvalue weighted by Crippen LogP contribution is -2.01. The fraction of sp³-hybridized carbons (Fsp3) is 0.200. The number of pyridine rings is 1. The molecule has 1 aromatic heterocycles. The normalized spacial score (nSPS) is 10.3. The Morgan fingerprint density at radius 1 is 1.21 bits per heavy atom. The van der Waals surface area contributed by atoms with E-state index in [0.29, 0.717) is 5.75 Å². The van der Waals surface area contributed by atoms with Crippen LogP contribution in [0, 0.1) is 13.8 Å². The van der Waals surface area contributed by atoms with Crippen LogP contribution in [-0.4, -0.2) is 23.2 Å². The van der Waals surface area contributed by atoms with Gasteiger partial charge in [0.2, 0.25) is 0 Å². The molecule has 2 aromatic rings. The molecule has 4 heteroatoms. The highest BCUT2D eigenvalue weighted by molar-refractivity contribution is 5.87. The Labute approximate surface area is 111 Å². The van der Waals surface area contributed by atoms with Crippen molar-refractivity contribution in [3.8, 4) is 16.9 Å². The highest BCUT2D eigenvalue weighted by Crippen LogP contribution is 2.30. The molecule has 0 saturated carbocycles. The van der Waals surface area contributed by atoms with Gasteiger partial charge in [-0.25, -0.2) is 9.78 Å². The van der Waals surface area contributed by atoms with E-state index < -0.39 is 5.97 Å². The number of carboxylic acids is 1. The number of rotatable bonds is 3. The van der Waals surface area contributed by atoms with Crippen LogP contribution in [0.15, 0.2) is 30.5 Å². The lowest BCUT2D eigenvalue weighted by molar-refractivity contribution is 0.0690. The number of benzene rings is 1. The van der Waals surface area contributed by atoms with Gasteiger partial charge in [-0.1, -0.05) is 18.2 Å². The average Bonchev–Trinajstić information content (AvgIpc) is 2.41. The summed E-state index contributed by atoms with van der Waals surface area (Å²) in [5.41, 5.74) is 4.10. The number of aromatic nitrogens is 1. The second-order valence-electron chi connectivity index (χ2n) is 4.37. The molecular formula is C15H15NO3. The minimum absolute atomic E-state index is 0.0237. The van der Waals surface area contributed by atoms with E-state index in [4.69, 9.17) is 9.84 Å². The third-order valence-corrected chi connectivity index (χ3v) is 3.12. The molecule has 4 nitrogen and oxygen atoms in total. The number of methoxy groups -OCH3 is 1. The first kappa shape index (κ1) is 13.1. The molecule has 0 radical (unpaired) electrons. The molecule has 0 aliphatic rings. The van der Waals surface area contributed by atoms with E-state index in [2.05, 4.69) is 4.98 Å². The summed E-state index contributed by atoms with van der Waals surface area (Å²) >= 11 is 0. The minimum atomic E-state index is -1.06. The Bertz CT molecular complexity index is 635. The summed E-state index contributed by atoms with van der Waals surface area (Å²) in [6, 6.07) is 7.47. The lowest BCUT2D eigenvalue weighted by Gasteiger charge is -2.10. The van der Waals surface area contributed by atoms with Crippen LogP contribution in [0.4, 0.5) is 0 Å². The summed E-state index contributed by atoms with van der Waals surface area (Å²) < 4.78 is 5.26. The SMILES string of the molecule is COc1cc(C(=O)O)ncc1-c1ccc(C)c(C)c1. The summed E-state index contributed by atoms with van der Waals surface area (Å²) in [5, 5.41) is 8.93. The van der Waals surface area contributed by atoms with Gasteiger partial charge in [-0.3, -0.25) is 0 Å². The Kier molecular flexibility index (Phi) is 3.51. The van der Waals surface area contributed by atoms with Crippen molar-refractivity contribution in [2.24, 2.45) is 0 Å². The first-order chi connectivity index (χ1) is 9.02. The topological polar surface area (TPSA) is 59.4 Å². The van der Waals surface area contributed by atoms with E-state index in [9.17, 15) is 4.79 Å². The number of carboxylic acid groups (broad SMARTS) is 1. The number of carbonyl (C=O) groups is 1. The van der Waals surface area contributed by atoms with E-state index in [1.54, 1.807) is 0 Å². The van der Waals surface area contributed by atoms with E-state index in [1.165, 1.54) is 30.5 Å². The monoisotopic (exact) mass is 257 g/mol. The van der Waals surface area contributed by atoms with Crippen LogP contribution in [0.5, 0.6) is 5.75 Å². The van der Waals surface area contributed by atoms with Crippen molar-refractivity contribution in [1.29, 1.82) is 0 Å².